The first-order chi connectivity index (χ1) is 20.6. The fourth-order valence-electron chi connectivity index (χ4n) is 5.40. The molecule has 0 aromatic heterocycles. The molecule has 1 saturated carbocycles. The lowest BCUT2D eigenvalue weighted by atomic mass is 9.83. The zero-order valence-corrected chi connectivity index (χ0v) is 23.7. The molecule has 2 heterocycles. The highest BCUT2D eigenvalue weighted by Crippen LogP contribution is 2.31. The number of ether oxygens (including phenoxy) is 5. The number of aliphatic hydroxyl groups excluding tert-OH is 4. The maximum atomic E-state index is 15.0. The van der Waals surface area contributed by atoms with Crippen LogP contribution in [0.1, 0.15) is 25.8 Å². The summed E-state index contributed by atoms with van der Waals surface area (Å²) in [6, 6.07) is 12.2. The predicted octanol–water partition coefficient (Wildman–Crippen LogP) is 1.43. The number of benzene rings is 2. The minimum absolute atomic E-state index is 0.0816. The van der Waals surface area contributed by atoms with Gasteiger partial charge in [0.1, 0.15) is 55.8 Å². The van der Waals surface area contributed by atoms with Crippen LogP contribution >= 0.6 is 0 Å². The second kappa shape index (κ2) is 13.5. The molecule has 0 spiro atoms. The van der Waals surface area contributed by atoms with Crippen LogP contribution in [-0.4, -0.2) is 94.8 Å². The fraction of sp³-hybridized carbons (Fsp3) is 0.452. The van der Waals surface area contributed by atoms with Gasteiger partial charge in [0.15, 0.2) is 11.6 Å². The number of nitrogens with one attached hydrogen (secondary N) is 1. The summed E-state index contributed by atoms with van der Waals surface area (Å²) in [4.78, 5) is 12.8. The van der Waals surface area contributed by atoms with Crippen LogP contribution in [0.4, 0.5) is 4.39 Å². The van der Waals surface area contributed by atoms with Gasteiger partial charge in [-0.2, -0.15) is 0 Å². The molecule has 232 valence electrons. The normalized spacial score (nSPS) is 32.8. The molecule has 0 unspecified atom stereocenters. The Morgan fingerprint density at radius 2 is 1.74 bits per heavy atom. The van der Waals surface area contributed by atoms with Gasteiger partial charge in [0.05, 0.1) is 12.1 Å². The molecule has 3 aliphatic rings. The maximum absolute atomic E-state index is 15.0. The Hall–Kier alpha value is -3.36. The smallest absolute Gasteiger partial charge is 0.247 e. The Bertz CT molecular complexity index is 1340. The van der Waals surface area contributed by atoms with E-state index >= 15 is 0 Å². The Morgan fingerprint density at radius 3 is 2.47 bits per heavy atom. The standard InChI is InChI=1S/C31H36FNO10/c1-16(10-11-39-19-6-4-3-5-7-19)28-21(34)14-23(43-28)42-22-9-8-18(13-20(22)32)12-17(2)31(38)33-24-25(35)27(37)30-29(26(24)36)40-15-41-30/h3-10,12-13,21,23-30,34-37H,11,14-15H2,1-2H3,(H,33,38)/t21-,23+,24+,25-,26+,27+,28+,29-,30+/m0/s1. The van der Waals surface area contributed by atoms with Gasteiger partial charge in [-0.15, -0.1) is 0 Å². The second-order valence-corrected chi connectivity index (χ2v) is 10.8. The van der Waals surface area contributed by atoms with Crippen LogP contribution in [0.3, 0.4) is 0 Å². The van der Waals surface area contributed by atoms with Crippen molar-refractivity contribution in [2.45, 2.75) is 75.3 Å². The van der Waals surface area contributed by atoms with Gasteiger partial charge in [0, 0.05) is 12.0 Å². The predicted molar refractivity (Wildman–Crippen MR) is 150 cm³/mol. The summed E-state index contributed by atoms with van der Waals surface area (Å²) in [7, 11) is 0. The van der Waals surface area contributed by atoms with Gasteiger partial charge in [-0.05, 0) is 61.4 Å². The number of carbonyl (C=O) groups excluding carboxylic acids is 1. The van der Waals surface area contributed by atoms with Crippen LogP contribution in [0, 0.1) is 5.82 Å². The van der Waals surface area contributed by atoms with Crippen LogP contribution in [0.15, 0.2) is 65.8 Å². The Kier molecular flexibility index (Phi) is 9.77. The zero-order valence-electron chi connectivity index (χ0n) is 23.7. The molecule has 2 saturated heterocycles. The van der Waals surface area contributed by atoms with Crippen molar-refractivity contribution in [3.8, 4) is 11.5 Å². The second-order valence-electron chi connectivity index (χ2n) is 10.8. The van der Waals surface area contributed by atoms with Crippen LogP contribution < -0.4 is 14.8 Å². The monoisotopic (exact) mass is 601 g/mol. The minimum Gasteiger partial charge on any atom is -0.490 e. The van der Waals surface area contributed by atoms with Crippen molar-refractivity contribution < 1.29 is 53.3 Å². The molecule has 43 heavy (non-hydrogen) atoms. The van der Waals surface area contributed by atoms with E-state index in [-0.39, 0.29) is 24.5 Å². The topological polar surface area (TPSA) is 156 Å². The molecule has 1 amide bonds. The Morgan fingerprint density at radius 1 is 1.02 bits per heavy atom. The van der Waals surface area contributed by atoms with Gasteiger partial charge in [0.25, 0.3) is 0 Å². The number of fused-ring (bicyclic) bond motifs is 1. The van der Waals surface area contributed by atoms with Crippen LogP contribution in [-0.2, 0) is 19.0 Å². The third-order valence-corrected chi connectivity index (χ3v) is 7.79. The highest BCUT2D eigenvalue weighted by Gasteiger charge is 2.53. The summed E-state index contributed by atoms with van der Waals surface area (Å²) < 4.78 is 42.7. The number of halogens is 1. The van der Waals surface area contributed by atoms with Crippen molar-refractivity contribution in [2.75, 3.05) is 13.4 Å². The van der Waals surface area contributed by atoms with Crippen LogP contribution in [0.2, 0.25) is 0 Å². The van der Waals surface area contributed by atoms with E-state index in [1.54, 1.807) is 6.07 Å². The minimum atomic E-state index is -1.48. The highest BCUT2D eigenvalue weighted by molar-refractivity contribution is 5.97. The van der Waals surface area contributed by atoms with E-state index in [1.165, 1.54) is 25.1 Å². The average Bonchev–Trinajstić information content (AvgIpc) is 3.63. The molecular formula is C31H36FNO10. The molecule has 0 bridgehead atoms. The van der Waals surface area contributed by atoms with Crippen LogP contribution in [0.5, 0.6) is 11.5 Å². The van der Waals surface area contributed by atoms with Gasteiger partial charge in [0.2, 0.25) is 12.2 Å². The lowest BCUT2D eigenvalue weighted by Crippen LogP contribution is -2.67. The van der Waals surface area contributed by atoms with Crippen molar-refractivity contribution in [1.82, 2.24) is 5.32 Å². The molecular weight excluding hydrogens is 565 g/mol. The zero-order chi connectivity index (χ0) is 30.7. The van der Waals surface area contributed by atoms with E-state index in [2.05, 4.69) is 5.32 Å². The summed E-state index contributed by atoms with van der Waals surface area (Å²) in [5, 5.41) is 44.3. The highest BCUT2D eigenvalue weighted by atomic mass is 19.1. The number of carbonyl (C=O) groups is 1. The lowest BCUT2D eigenvalue weighted by Gasteiger charge is -2.41. The Balaban J connectivity index is 1.16. The number of hydrogen-bond acceptors (Lipinski definition) is 10. The Labute approximate surface area is 248 Å². The molecule has 0 radical (unpaired) electrons. The van der Waals surface area contributed by atoms with Crippen molar-refractivity contribution >= 4 is 12.0 Å². The van der Waals surface area contributed by atoms with Gasteiger partial charge in [-0.1, -0.05) is 24.3 Å². The first kappa shape index (κ1) is 31.1. The van der Waals surface area contributed by atoms with E-state index in [9.17, 15) is 29.6 Å². The number of hydrogen-bond donors (Lipinski definition) is 5. The molecule has 12 heteroatoms. The lowest BCUT2D eigenvalue weighted by molar-refractivity contribution is -0.155. The van der Waals surface area contributed by atoms with Crippen molar-refractivity contribution in [3.05, 3.63) is 77.1 Å². The third kappa shape index (κ3) is 7.07. The largest absolute Gasteiger partial charge is 0.490 e. The van der Waals surface area contributed by atoms with Crippen molar-refractivity contribution in [3.63, 3.8) is 0 Å². The van der Waals surface area contributed by atoms with Gasteiger partial charge >= 0.3 is 0 Å². The molecule has 5 rings (SSSR count). The van der Waals surface area contributed by atoms with Gasteiger partial charge in [-0.3, -0.25) is 4.79 Å². The van der Waals surface area contributed by atoms with Crippen LogP contribution in [0.25, 0.3) is 6.08 Å². The van der Waals surface area contributed by atoms with E-state index < -0.39 is 66.8 Å². The summed E-state index contributed by atoms with van der Waals surface area (Å²) in [6.07, 6.45) is -4.92. The molecule has 2 aromatic carbocycles. The summed E-state index contributed by atoms with van der Waals surface area (Å²) in [6.45, 7) is 3.46. The van der Waals surface area contributed by atoms with E-state index in [0.29, 0.717) is 12.2 Å². The molecule has 1 aliphatic carbocycles. The van der Waals surface area contributed by atoms with Crippen molar-refractivity contribution in [2.24, 2.45) is 0 Å². The van der Waals surface area contributed by atoms with Gasteiger partial charge < -0.3 is 49.4 Å². The number of rotatable bonds is 9. The fourth-order valence-corrected chi connectivity index (χ4v) is 5.40. The number of amides is 1. The molecule has 3 fully saturated rings. The first-order valence-electron chi connectivity index (χ1n) is 14.0. The first-order valence-corrected chi connectivity index (χ1v) is 14.0. The van der Waals surface area contributed by atoms with Gasteiger partial charge in [-0.25, -0.2) is 4.39 Å². The summed E-state index contributed by atoms with van der Waals surface area (Å²) >= 11 is 0. The third-order valence-electron chi connectivity index (χ3n) is 7.79. The maximum Gasteiger partial charge on any atom is 0.247 e. The molecule has 5 N–H and O–H groups in total. The summed E-state index contributed by atoms with van der Waals surface area (Å²) in [5.74, 6) is -0.690. The average molecular weight is 602 g/mol. The molecule has 2 aromatic rings. The molecule has 2 aliphatic heterocycles. The SMILES string of the molecule is CC(=Cc1ccc(O[C@H]2C[C@H](O)[C@@H](C(C)=CCOc3ccccc3)O2)c(F)c1)C(=O)N[C@@H]1[C@H](O)[C@@H](O)[C@H]2OCO[C@H]2[C@@H]1O. The number of aliphatic hydroxyl groups is 4. The van der Waals surface area contributed by atoms with E-state index in [1.807, 2.05) is 43.3 Å². The number of para-hydroxylation sites is 1. The van der Waals surface area contributed by atoms with E-state index in [0.717, 1.165) is 11.3 Å². The van der Waals surface area contributed by atoms with E-state index in [4.69, 9.17) is 23.7 Å². The molecule has 9 atom stereocenters. The molecule has 11 nitrogen and oxygen atoms in total. The van der Waals surface area contributed by atoms with Crippen molar-refractivity contribution in [1.29, 1.82) is 0 Å². The summed E-state index contributed by atoms with van der Waals surface area (Å²) in [5.41, 5.74) is 1.28. The quantitative estimate of drug-likeness (QED) is 0.211.